The summed E-state index contributed by atoms with van der Waals surface area (Å²) in [6, 6.07) is 4.20. The molecule has 0 fully saturated rings. The lowest BCUT2D eigenvalue weighted by molar-refractivity contribution is 0.105. The van der Waals surface area contributed by atoms with Crippen molar-refractivity contribution in [2.45, 2.75) is 44.7 Å². The van der Waals surface area contributed by atoms with E-state index in [0.29, 0.717) is 0 Å². The number of hydrogen-bond donors (Lipinski definition) is 1. The van der Waals surface area contributed by atoms with Crippen LogP contribution in [-0.4, -0.2) is 35.6 Å². The predicted molar refractivity (Wildman–Crippen MR) is 72.9 cm³/mol. The minimum Gasteiger partial charge on any atom is -0.326 e. The molecule has 1 aromatic heterocycles. The third-order valence-corrected chi connectivity index (χ3v) is 3.98. The third-order valence-electron chi connectivity index (χ3n) is 3.98. The molecule has 0 spiro atoms. The van der Waals surface area contributed by atoms with E-state index in [1.807, 2.05) is 12.3 Å². The molecule has 0 aliphatic rings. The highest BCUT2D eigenvalue weighted by atomic mass is 15.2. The monoisotopic (exact) mass is 235 g/mol. The molecule has 0 bridgehead atoms. The van der Waals surface area contributed by atoms with Crippen molar-refractivity contribution in [3.63, 3.8) is 0 Å². The minimum atomic E-state index is 0.0792. The Balaban J connectivity index is 2.83. The van der Waals surface area contributed by atoms with Gasteiger partial charge in [-0.15, -0.1) is 0 Å². The summed E-state index contributed by atoms with van der Waals surface area (Å²) in [7, 11) is 4.24. The summed E-state index contributed by atoms with van der Waals surface area (Å²) < 4.78 is 0. The van der Waals surface area contributed by atoms with Gasteiger partial charge in [-0.05, 0) is 45.0 Å². The van der Waals surface area contributed by atoms with Crippen molar-refractivity contribution < 1.29 is 0 Å². The Labute approximate surface area is 105 Å². The molecule has 1 atom stereocenters. The fourth-order valence-corrected chi connectivity index (χ4v) is 2.70. The molecule has 1 unspecified atom stereocenters. The van der Waals surface area contributed by atoms with Crippen LogP contribution in [0, 0.1) is 0 Å². The second kappa shape index (κ2) is 6.12. The average molecular weight is 235 g/mol. The number of pyridine rings is 1. The van der Waals surface area contributed by atoms with Crippen molar-refractivity contribution in [1.29, 1.82) is 0 Å². The Bertz CT molecular complexity index is 317. The molecule has 96 valence electrons. The van der Waals surface area contributed by atoms with Gasteiger partial charge >= 0.3 is 0 Å². The van der Waals surface area contributed by atoms with E-state index in [0.717, 1.165) is 19.3 Å². The van der Waals surface area contributed by atoms with Crippen molar-refractivity contribution in [3.8, 4) is 0 Å². The fourth-order valence-electron chi connectivity index (χ4n) is 2.70. The Kier molecular flexibility index (Phi) is 5.09. The topological polar surface area (TPSA) is 42.1 Å². The van der Waals surface area contributed by atoms with Crippen LogP contribution in [0.2, 0.25) is 0 Å². The number of hydrogen-bond acceptors (Lipinski definition) is 3. The summed E-state index contributed by atoms with van der Waals surface area (Å²) in [5, 5.41) is 0. The smallest absolute Gasteiger partial charge is 0.0352 e. The molecule has 0 aliphatic carbocycles. The van der Waals surface area contributed by atoms with E-state index in [2.05, 4.69) is 43.9 Å². The van der Waals surface area contributed by atoms with E-state index in [4.69, 9.17) is 5.73 Å². The SMILES string of the molecule is CCC(CC)(C(N)Cc1cccnc1)N(C)C. The molecule has 17 heavy (non-hydrogen) atoms. The van der Waals surface area contributed by atoms with Crippen LogP contribution >= 0.6 is 0 Å². The van der Waals surface area contributed by atoms with E-state index < -0.39 is 0 Å². The molecule has 0 saturated carbocycles. The molecule has 1 rings (SSSR count). The van der Waals surface area contributed by atoms with Gasteiger partial charge in [-0.25, -0.2) is 0 Å². The highest BCUT2D eigenvalue weighted by Gasteiger charge is 2.35. The summed E-state index contributed by atoms with van der Waals surface area (Å²) in [5.74, 6) is 0. The first-order chi connectivity index (χ1) is 8.06. The van der Waals surface area contributed by atoms with E-state index in [9.17, 15) is 0 Å². The first kappa shape index (κ1) is 14.1. The lowest BCUT2D eigenvalue weighted by Crippen LogP contribution is -2.57. The summed E-state index contributed by atoms with van der Waals surface area (Å²) in [4.78, 5) is 6.42. The Morgan fingerprint density at radius 1 is 1.35 bits per heavy atom. The average Bonchev–Trinajstić information content (AvgIpc) is 2.32. The van der Waals surface area contributed by atoms with Gasteiger partial charge in [0.25, 0.3) is 0 Å². The zero-order valence-corrected chi connectivity index (χ0v) is 11.5. The van der Waals surface area contributed by atoms with Crippen molar-refractivity contribution in [1.82, 2.24) is 9.88 Å². The van der Waals surface area contributed by atoms with Crippen LogP contribution in [-0.2, 0) is 6.42 Å². The Morgan fingerprint density at radius 2 is 2.00 bits per heavy atom. The molecule has 0 saturated heterocycles. The second-order valence-corrected chi connectivity index (χ2v) is 4.88. The van der Waals surface area contributed by atoms with E-state index in [-0.39, 0.29) is 11.6 Å². The van der Waals surface area contributed by atoms with Crippen LogP contribution in [0.15, 0.2) is 24.5 Å². The minimum absolute atomic E-state index is 0.0792. The Hall–Kier alpha value is -0.930. The second-order valence-electron chi connectivity index (χ2n) is 4.88. The van der Waals surface area contributed by atoms with Crippen LogP contribution in [0.3, 0.4) is 0 Å². The Morgan fingerprint density at radius 3 is 2.41 bits per heavy atom. The molecule has 3 heteroatoms. The van der Waals surface area contributed by atoms with Crippen LogP contribution in [0.4, 0.5) is 0 Å². The van der Waals surface area contributed by atoms with Gasteiger partial charge in [0, 0.05) is 24.0 Å². The molecule has 3 nitrogen and oxygen atoms in total. The quantitative estimate of drug-likeness (QED) is 0.821. The van der Waals surface area contributed by atoms with Crippen LogP contribution in [0.5, 0.6) is 0 Å². The van der Waals surface area contributed by atoms with Crippen LogP contribution in [0.25, 0.3) is 0 Å². The van der Waals surface area contributed by atoms with Crippen LogP contribution < -0.4 is 5.73 Å². The highest BCUT2D eigenvalue weighted by Crippen LogP contribution is 2.26. The van der Waals surface area contributed by atoms with Gasteiger partial charge in [0.05, 0.1) is 0 Å². The number of nitrogens with two attached hydrogens (primary N) is 1. The number of aromatic nitrogens is 1. The summed E-state index contributed by atoms with van der Waals surface area (Å²) in [5.41, 5.74) is 7.73. The summed E-state index contributed by atoms with van der Waals surface area (Å²) in [6.07, 6.45) is 6.73. The van der Waals surface area contributed by atoms with Gasteiger partial charge in [0.2, 0.25) is 0 Å². The fraction of sp³-hybridized carbons (Fsp3) is 0.643. The zero-order valence-electron chi connectivity index (χ0n) is 11.5. The maximum absolute atomic E-state index is 6.44. The number of likely N-dealkylation sites (N-methyl/N-ethyl adjacent to an activating group) is 1. The molecule has 0 aromatic carbocycles. The third kappa shape index (κ3) is 3.05. The predicted octanol–water partition coefficient (Wildman–Crippen LogP) is 2.07. The van der Waals surface area contributed by atoms with Gasteiger partial charge in [0.1, 0.15) is 0 Å². The molecule has 0 radical (unpaired) electrons. The van der Waals surface area contributed by atoms with Gasteiger partial charge in [-0.3, -0.25) is 4.98 Å². The first-order valence-electron chi connectivity index (χ1n) is 6.38. The van der Waals surface area contributed by atoms with E-state index >= 15 is 0 Å². The van der Waals surface area contributed by atoms with Crippen LogP contribution in [0.1, 0.15) is 32.3 Å². The van der Waals surface area contributed by atoms with Crippen molar-refractivity contribution in [2.75, 3.05) is 14.1 Å². The van der Waals surface area contributed by atoms with Crippen molar-refractivity contribution in [2.24, 2.45) is 5.73 Å². The molecular weight excluding hydrogens is 210 g/mol. The molecule has 1 heterocycles. The van der Waals surface area contributed by atoms with Gasteiger partial charge in [-0.1, -0.05) is 19.9 Å². The molecule has 0 aliphatic heterocycles. The number of rotatable bonds is 6. The maximum Gasteiger partial charge on any atom is 0.0352 e. The molecule has 2 N–H and O–H groups in total. The maximum atomic E-state index is 6.44. The van der Waals surface area contributed by atoms with E-state index in [1.54, 1.807) is 6.20 Å². The molecule has 1 aromatic rings. The standard InChI is InChI=1S/C14H25N3/c1-5-14(6-2,17(3)4)13(15)10-12-8-7-9-16-11-12/h7-9,11,13H,5-6,10,15H2,1-4H3. The largest absolute Gasteiger partial charge is 0.326 e. The van der Waals surface area contributed by atoms with E-state index in [1.165, 1.54) is 5.56 Å². The normalized spacial score (nSPS) is 14.0. The zero-order chi connectivity index (χ0) is 12.9. The number of nitrogens with zero attached hydrogens (tertiary/aromatic N) is 2. The molecule has 0 amide bonds. The summed E-state index contributed by atoms with van der Waals surface area (Å²) in [6.45, 7) is 4.43. The molecular formula is C14H25N3. The van der Waals surface area contributed by atoms with Gasteiger partial charge in [-0.2, -0.15) is 0 Å². The van der Waals surface area contributed by atoms with Crippen molar-refractivity contribution in [3.05, 3.63) is 30.1 Å². The first-order valence-corrected chi connectivity index (χ1v) is 6.38. The lowest BCUT2D eigenvalue weighted by Gasteiger charge is -2.43. The summed E-state index contributed by atoms with van der Waals surface area (Å²) >= 11 is 0. The van der Waals surface area contributed by atoms with Gasteiger partial charge < -0.3 is 10.6 Å². The van der Waals surface area contributed by atoms with Gasteiger partial charge in [0.15, 0.2) is 0 Å². The highest BCUT2D eigenvalue weighted by molar-refractivity contribution is 5.12. The van der Waals surface area contributed by atoms with Crippen molar-refractivity contribution >= 4 is 0 Å². The lowest BCUT2D eigenvalue weighted by atomic mass is 9.81.